The Morgan fingerprint density at radius 2 is 1.25 bits per heavy atom. The van der Waals surface area contributed by atoms with Crippen molar-refractivity contribution >= 4 is 0 Å². The van der Waals surface area contributed by atoms with Gasteiger partial charge in [0.1, 0.15) is 0 Å². The summed E-state index contributed by atoms with van der Waals surface area (Å²) in [6, 6.07) is 0. The third-order valence-electron chi connectivity index (χ3n) is 0. The van der Waals surface area contributed by atoms with E-state index in [-0.39, 0.29) is 34.1 Å². The van der Waals surface area contributed by atoms with E-state index in [1.54, 1.807) is 0 Å². The first-order chi connectivity index (χ1) is 1.00. The second-order valence-corrected chi connectivity index (χ2v) is 0. The quantitative estimate of drug-likeness (QED) is 0.357. The maximum absolute atomic E-state index is 6.25. The number of hydrogen-bond acceptors (Lipinski definition) is 1. The Labute approximate surface area is 46.3 Å². The van der Waals surface area contributed by atoms with Crippen molar-refractivity contribution in [3.63, 3.8) is 0 Å². The summed E-state index contributed by atoms with van der Waals surface area (Å²) in [7, 11) is 0. The summed E-state index contributed by atoms with van der Waals surface area (Å²) in [5.41, 5.74) is 0. The molecule has 0 fully saturated rings. The first-order valence-corrected chi connectivity index (χ1v) is 0.224. The van der Waals surface area contributed by atoms with E-state index >= 15 is 0 Å². The molecule has 0 bridgehead atoms. The Morgan fingerprint density at radius 3 is 1.25 bits per heavy atom. The minimum absolute atomic E-state index is 0. The molecule has 3 heteroatoms. The maximum Gasteiger partial charge on any atom is 2.00 e. The summed E-state index contributed by atoms with van der Waals surface area (Å²) in [4.78, 5) is 0. The fraction of sp³-hybridized carbons (Fsp3) is 0. The molecule has 0 spiro atoms. The molecular weight excluding hydrogens is 153 g/mol. The van der Waals surface area contributed by atoms with Gasteiger partial charge in [0.05, 0.1) is 0 Å². The second-order valence-electron chi connectivity index (χ2n) is 0. The van der Waals surface area contributed by atoms with Crippen LogP contribution in [0.15, 0.2) is 0 Å². The van der Waals surface area contributed by atoms with Crippen molar-refractivity contribution in [2.24, 2.45) is 0 Å². The van der Waals surface area contributed by atoms with Crippen LogP contribution in [0.25, 0.3) is 0 Å². The van der Waals surface area contributed by atoms with Crippen molar-refractivity contribution in [2.75, 3.05) is 0 Å². The van der Waals surface area contributed by atoms with Crippen LogP contribution in [0.2, 0.25) is 0 Å². The molecular formula is CCu2N+2. The van der Waals surface area contributed by atoms with Crippen molar-refractivity contribution in [3.05, 3.63) is 6.57 Å². The van der Waals surface area contributed by atoms with Crippen molar-refractivity contribution in [3.8, 4) is 0 Å². The molecule has 0 saturated carbocycles. The Balaban J connectivity index is -0.00000000500. The van der Waals surface area contributed by atoms with Gasteiger partial charge in [0.25, 0.3) is 0 Å². The second kappa shape index (κ2) is 80.7. The summed E-state index contributed by atoms with van der Waals surface area (Å²) in [5, 5.41) is 6.25. The summed E-state index contributed by atoms with van der Waals surface area (Å²) < 4.78 is 0. The van der Waals surface area contributed by atoms with Crippen molar-refractivity contribution in [1.29, 1.82) is 5.26 Å². The largest absolute Gasteiger partial charge is 2.00 e. The third-order valence-corrected chi connectivity index (χ3v) is 0. The van der Waals surface area contributed by atoms with Crippen molar-refractivity contribution < 1.29 is 34.1 Å². The molecule has 0 rings (SSSR count). The summed E-state index contributed by atoms with van der Waals surface area (Å²) in [6.07, 6.45) is 0. The summed E-state index contributed by atoms with van der Waals surface area (Å²) in [6.45, 7) is 4.75. The minimum atomic E-state index is 0. The molecule has 1 nitrogen and oxygen atoms in total. The molecule has 4 heavy (non-hydrogen) atoms. The van der Waals surface area contributed by atoms with Crippen molar-refractivity contribution in [1.82, 2.24) is 0 Å². The van der Waals surface area contributed by atoms with E-state index in [9.17, 15) is 0 Å². The van der Waals surface area contributed by atoms with Gasteiger partial charge >= 0.3 is 34.1 Å². The van der Waals surface area contributed by atoms with Crippen molar-refractivity contribution in [2.45, 2.75) is 0 Å². The van der Waals surface area contributed by atoms with E-state index in [0.29, 0.717) is 0 Å². The zero-order valence-corrected chi connectivity index (χ0v) is 3.43. The first kappa shape index (κ1) is 24.1. The van der Waals surface area contributed by atoms with Crippen LogP contribution in [0.1, 0.15) is 0 Å². The van der Waals surface area contributed by atoms with E-state index in [4.69, 9.17) is 11.8 Å². The average Bonchev–Trinajstić information content (AvgIpc) is 1.00. The van der Waals surface area contributed by atoms with E-state index in [1.807, 2.05) is 0 Å². The zero-order chi connectivity index (χ0) is 2.00. The number of rotatable bonds is 0. The van der Waals surface area contributed by atoms with Gasteiger partial charge in [-0.15, -0.1) is 0 Å². The van der Waals surface area contributed by atoms with Crippen LogP contribution in [0.5, 0.6) is 0 Å². The van der Waals surface area contributed by atoms with Crippen LogP contribution in [-0.2, 0) is 34.1 Å². The molecule has 0 heterocycles. The van der Waals surface area contributed by atoms with E-state index in [0.717, 1.165) is 0 Å². The molecule has 0 aromatic rings. The standard InChI is InChI=1S/CN.2Cu/c1-2;;/q-1;+1;+2. The molecule has 0 N–H and O–H groups in total. The molecule has 29 valence electrons. The topological polar surface area (TPSA) is 23.8 Å². The van der Waals surface area contributed by atoms with Gasteiger partial charge in [0, 0.05) is 0 Å². The molecule has 1 radical (unpaired) electrons. The van der Waals surface area contributed by atoms with Crippen LogP contribution in [0, 0.1) is 11.8 Å². The van der Waals surface area contributed by atoms with Crippen LogP contribution in [0.3, 0.4) is 0 Å². The van der Waals surface area contributed by atoms with Gasteiger partial charge in [-0.25, -0.2) is 0 Å². The molecule has 0 aliphatic heterocycles. The van der Waals surface area contributed by atoms with Gasteiger partial charge in [-0.2, -0.15) is 0 Å². The molecule has 0 aliphatic carbocycles. The molecule has 0 unspecified atom stereocenters. The predicted molar refractivity (Wildman–Crippen MR) is 4.97 cm³/mol. The monoisotopic (exact) mass is 152 g/mol. The summed E-state index contributed by atoms with van der Waals surface area (Å²) >= 11 is 0. The molecule has 0 saturated heterocycles. The third kappa shape index (κ3) is 21.1. The van der Waals surface area contributed by atoms with Gasteiger partial charge in [-0.05, 0) is 0 Å². The molecule has 0 aromatic carbocycles. The Kier molecular flexibility index (Phi) is 487. The molecule has 0 amide bonds. The van der Waals surface area contributed by atoms with E-state index in [1.165, 1.54) is 0 Å². The minimum Gasteiger partial charge on any atom is -0.512 e. The molecule has 0 aliphatic rings. The van der Waals surface area contributed by atoms with Crippen LogP contribution >= 0.6 is 0 Å². The van der Waals surface area contributed by atoms with E-state index < -0.39 is 0 Å². The van der Waals surface area contributed by atoms with Crippen LogP contribution in [-0.4, -0.2) is 0 Å². The fourth-order valence-corrected chi connectivity index (χ4v) is 0. The molecule has 0 aromatic heterocycles. The number of nitrogens with zero attached hydrogens (tertiary/aromatic N) is 1. The van der Waals surface area contributed by atoms with Crippen LogP contribution in [0.4, 0.5) is 0 Å². The maximum atomic E-state index is 6.25. The van der Waals surface area contributed by atoms with Gasteiger partial charge < -0.3 is 11.8 Å². The first-order valence-electron chi connectivity index (χ1n) is 0.224. The van der Waals surface area contributed by atoms with Gasteiger partial charge in [-0.1, -0.05) is 0 Å². The van der Waals surface area contributed by atoms with Gasteiger partial charge in [0.15, 0.2) is 0 Å². The smallest absolute Gasteiger partial charge is 0.512 e. The SMILES string of the molecule is [C-]#N.[Cu+2].[Cu+]. The summed E-state index contributed by atoms with van der Waals surface area (Å²) in [5.74, 6) is 0. The zero-order valence-electron chi connectivity index (χ0n) is 1.55. The Hall–Kier alpha value is 0.529. The molecule has 0 atom stereocenters. The predicted octanol–water partition coefficient (Wildman–Crippen LogP) is 0.0914. The van der Waals surface area contributed by atoms with Gasteiger partial charge in [-0.3, -0.25) is 0 Å². The normalized spacial score (nSPS) is 0.500. The van der Waals surface area contributed by atoms with Gasteiger partial charge in [0.2, 0.25) is 0 Å². The Bertz CT molecular complexity index is 10.8. The average molecular weight is 153 g/mol. The van der Waals surface area contributed by atoms with E-state index in [2.05, 4.69) is 0 Å². The van der Waals surface area contributed by atoms with Crippen LogP contribution < -0.4 is 0 Å². The fourth-order valence-electron chi connectivity index (χ4n) is 0. The number of hydrogen-bond donors (Lipinski definition) is 0. The Morgan fingerprint density at radius 1 is 1.25 bits per heavy atom.